The number of hydrogen-bond acceptors (Lipinski definition) is 3. The molecule has 0 aliphatic carbocycles. The number of nitrogens with two attached hydrogens (primary N) is 1. The van der Waals surface area contributed by atoms with E-state index in [2.05, 4.69) is 11.4 Å². The van der Waals surface area contributed by atoms with Crippen LogP contribution in [0.3, 0.4) is 0 Å². The third-order valence-electron chi connectivity index (χ3n) is 3.16. The lowest BCUT2D eigenvalue weighted by atomic mass is 10.1. The van der Waals surface area contributed by atoms with Crippen LogP contribution in [-0.4, -0.2) is 23.4 Å². The van der Waals surface area contributed by atoms with E-state index in [1.165, 1.54) is 4.88 Å². The van der Waals surface area contributed by atoms with Crippen molar-refractivity contribution in [1.82, 2.24) is 4.90 Å². The molecular weight excluding hydrogens is 220 g/mol. The SMILES string of the molecule is CC[C@@H](N)C(=O)N1CCCC1c1cccs1. The molecule has 1 aliphatic rings. The molecule has 1 amide bonds. The van der Waals surface area contributed by atoms with Crippen LogP contribution in [0.2, 0.25) is 0 Å². The minimum Gasteiger partial charge on any atom is -0.333 e. The molecule has 3 nitrogen and oxygen atoms in total. The predicted molar refractivity (Wildman–Crippen MR) is 66.3 cm³/mol. The Morgan fingerprint density at radius 2 is 2.56 bits per heavy atom. The highest BCUT2D eigenvalue weighted by Gasteiger charge is 2.32. The van der Waals surface area contributed by atoms with E-state index in [0.29, 0.717) is 6.42 Å². The molecule has 88 valence electrons. The second-order valence-electron chi connectivity index (χ2n) is 4.22. The second kappa shape index (κ2) is 4.97. The summed E-state index contributed by atoms with van der Waals surface area (Å²) in [5.41, 5.74) is 5.82. The highest BCUT2D eigenvalue weighted by Crippen LogP contribution is 2.34. The summed E-state index contributed by atoms with van der Waals surface area (Å²) in [5, 5.41) is 2.07. The summed E-state index contributed by atoms with van der Waals surface area (Å²) >= 11 is 1.73. The maximum atomic E-state index is 12.1. The minimum absolute atomic E-state index is 0.110. The van der Waals surface area contributed by atoms with Crippen molar-refractivity contribution in [1.29, 1.82) is 0 Å². The van der Waals surface area contributed by atoms with Crippen LogP contribution in [0.25, 0.3) is 0 Å². The number of hydrogen-bond donors (Lipinski definition) is 1. The Balaban J connectivity index is 2.12. The standard InChI is InChI=1S/C12H18N2OS/c1-2-9(13)12(15)14-7-3-5-10(14)11-6-4-8-16-11/h4,6,8-10H,2-3,5,7,13H2,1H3/t9-,10?/m1/s1. The first kappa shape index (κ1) is 11.6. The monoisotopic (exact) mass is 238 g/mol. The highest BCUT2D eigenvalue weighted by molar-refractivity contribution is 7.10. The largest absolute Gasteiger partial charge is 0.333 e. The number of likely N-dealkylation sites (tertiary alicyclic amines) is 1. The molecule has 1 aliphatic heterocycles. The van der Waals surface area contributed by atoms with Gasteiger partial charge in [0.25, 0.3) is 0 Å². The molecule has 1 aromatic rings. The first-order chi connectivity index (χ1) is 7.74. The summed E-state index contributed by atoms with van der Waals surface area (Å²) in [7, 11) is 0. The number of carbonyl (C=O) groups is 1. The minimum atomic E-state index is -0.333. The Kier molecular flexibility index (Phi) is 3.61. The van der Waals surface area contributed by atoms with Gasteiger partial charge >= 0.3 is 0 Å². The Morgan fingerprint density at radius 3 is 3.19 bits per heavy atom. The van der Waals surface area contributed by atoms with E-state index in [0.717, 1.165) is 19.4 Å². The van der Waals surface area contributed by atoms with Crippen LogP contribution in [0.4, 0.5) is 0 Å². The van der Waals surface area contributed by atoms with E-state index in [1.54, 1.807) is 11.3 Å². The van der Waals surface area contributed by atoms with Gasteiger partial charge in [0.15, 0.2) is 0 Å². The van der Waals surface area contributed by atoms with Gasteiger partial charge < -0.3 is 10.6 Å². The van der Waals surface area contributed by atoms with Crippen molar-refractivity contribution in [3.63, 3.8) is 0 Å². The van der Waals surface area contributed by atoms with Crippen molar-refractivity contribution < 1.29 is 4.79 Å². The average Bonchev–Trinajstić information content (AvgIpc) is 2.95. The van der Waals surface area contributed by atoms with Gasteiger partial charge in [0, 0.05) is 11.4 Å². The van der Waals surface area contributed by atoms with Crippen LogP contribution in [0.15, 0.2) is 17.5 Å². The fraction of sp³-hybridized carbons (Fsp3) is 0.583. The van der Waals surface area contributed by atoms with E-state index < -0.39 is 0 Å². The van der Waals surface area contributed by atoms with E-state index in [-0.39, 0.29) is 18.0 Å². The molecule has 2 atom stereocenters. The highest BCUT2D eigenvalue weighted by atomic mass is 32.1. The average molecular weight is 238 g/mol. The molecule has 1 aromatic heterocycles. The van der Waals surface area contributed by atoms with Crippen LogP contribution in [-0.2, 0) is 4.79 Å². The molecule has 1 fully saturated rings. The molecule has 2 rings (SSSR count). The van der Waals surface area contributed by atoms with E-state index in [9.17, 15) is 4.79 Å². The fourth-order valence-corrected chi connectivity index (χ4v) is 3.07. The van der Waals surface area contributed by atoms with Crippen molar-refractivity contribution >= 4 is 17.2 Å². The van der Waals surface area contributed by atoms with E-state index in [1.807, 2.05) is 17.9 Å². The smallest absolute Gasteiger partial charge is 0.240 e. The third kappa shape index (κ3) is 2.13. The third-order valence-corrected chi connectivity index (χ3v) is 4.14. The van der Waals surface area contributed by atoms with Gasteiger partial charge in [-0.05, 0) is 30.7 Å². The van der Waals surface area contributed by atoms with Gasteiger partial charge in [-0.1, -0.05) is 13.0 Å². The Hall–Kier alpha value is -0.870. The summed E-state index contributed by atoms with van der Waals surface area (Å²) in [4.78, 5) is 15.3. The van der Waals surface area contributed by atoms with Gasteiger partial charge in [-0.2, -0.15) is 0 Å². The molecule has 1 saturated heterocycles. The number of amides is 1. The van der Waals surface area contributed by atoms with Gasteiger partial charge in [-0.25, -0.2) is 0 Å². The van der Waals surface area contributed by atoms with Gasteiger partial charge in [-0.3, -0.25) is 4.79 Å². The van der Waals surface area contributed by atoms with Crippen LogP contribution >= 0.6 is 11.3 Å². The van der Waals surface area contributed by atoms with E-state index >= 15 is 0 Å². The van der Waals surface area contributed by atoms with Crippen molar-refractivity contribution in [3.8, 4) is 0 Å². The zero-order valence-corrected chi connectivity index (χ0v) is 10.4. The van der Waals surface area contributed by atoms with E-state index in [4.69, 9.17) is 5.73 Å². The van der Waals surface area contributed by atoms with Crippen molar-refractivity contribution in [2.45, 2.75) is 38.3 Å². The molecule has 0 saturated carbocycles. The molecule has 1 unspecified atom stereocenters. The summed E-state index contributed by atoms with van der Waals surface area (Å²) in [6.45, 7) is 2.81. The van der Waals surface area contributed by atoms with Gasteiger partial charge in [0.2, 0.25) is 5.91 Å². The number of nitrogens with zero attached hydrogens (tertiary/aromatic N) is 1. The van der Waals surface area contributed by atoms with Crippen molar-refractivity contribution in [2.75, 3.05) is 6.54 Å². The molecular formula is C12H18N2OS. The molecule has 2 heterocycles. The van der Waals surface area contributed by atoms with Crippen LogP contribution in [0, 0.1) is 0 Å². The number of carbonyl (C=O) groups excluding carboxylic acids is 1. The maximum absolute atomic E-state index is 12.1. The summed E-state index contributed by atoms with van der Waals surface area (Å²) in [5.74, 6) is 0.110. The van der Waals surface area contributed by atoms with Crippen molar-refractivity contribution in [3.05, 3.63) is 22.4 Å². The first-order valence-corrected chi connectivity index (χ1v) is 6.71. The molecule has 2 N–H and O–H groups in total. The molecule has 0 radical (unpaired) electrons. The molecule has 0 aromatic carbocycles. The lowest BCUT2D eigenvalue weighted by molar-refractivity contribution is -0.133. The second-order valence-corrected chi connectivity index (χ2v) is 5.20. The fourth-order valence-electron chi connectivity index (χ4n) is 2.19. The van der Waals surface area contributed by atoms with Crippen molar-refractivity contribution in [2.24, 2.45) is 5.73 Å². The van der Waals surface area contributed by atoms with Gasteiger partial charge in [0.05, 0.1) is 12.1 Å². The molecule has 0 spiro atoms. The van der Waals surface area contributed by atoms with Crippen LogP contribution < -0.4 is 5.73 Å². The maximum Gasteiger partial charge on any atom is 0.240 e. The zero-order chi connectivity index (χ0) is 11.5. The predicted octanol–water partition coefficient (Wildman–Crippen LogP) is 2.15. The Bertz CT molecular complexity index is 350. The summed E-state index contributed by atoms with van der Waals surface area (Å²) in [6, 6.07) is 4.09. The molecule has 4 heteroatoms. The van der Waals surface area contributed by atoms with Gasteiger partial charge in [-0.15, -0.1) is 11.3 Å². The molecule has 16 heavy (non-hydrogen) atoms. The lowest BCUT2D eigenvalue weighted by Gasteiger charge is -2.26. The normalized spacial score (nSPS) is 22.4. The number of rotatable bonds is 3. The Labute approximate surface area is 100 Å². The molecule has 0 bridgehead atoms. The number of thiophene rings is 1. The van der Waals surface area contributed by atoms with Crippen LogP contribution in [0.5, 0.6) is 0 Å². The topological polar surface area (TPSA) is 46.3 Å². The van der Waals surface area contributed by atoms with Crippen LogP contribution in [0.1, 0.15) is 37.1 Å². The lowest BCUT2D eigenvalue weighted by Crippen LogP contribution is -2.42. The Morgan fingerprint density at radius 1 is 1.75 bits per heavy atom. The quantitative estimate of drug-likeness (QED) is 0.877. The summed E-state index contributed by atoms with van der Waals surface area (Å²) in [6.07, 6.45) is 2.87. The summed E-state index contributed by atoms with van der Waals surface area (Å²) < 4.78 is 0. The van der Waals surface area contributed by atoms with Gasteiger partial charge in [0.1, 0.15) is 0 Å². The zero-order valence-electron chi connectivity index (χ0n) is 9.56. The first-order valence-electron chi connectivity index (χ1n) is 5.83.